The van der Waals surface area contributed by atoms with Gasteiger partial charge in [-0.25, -0.2) is 9.97 Å². The molecule has 1 aromatic heterocycles. The van der Waals surface area contributed by atoms with Crippen molar-refractivity contribution in [2.45, 2.75) is 37.3 Å². The van der Waals surface area contributed by atoms with Gasteiger partial charge in [-0.3, -0.25) is 9.69 Å². The lowest BCUT2D eigenvalue weighted by Crippen LogP contribution is -2.69. The first-order valence-corrected chi connectivity index (χ1v) is 9.96. The van der Waals surface area contributed by atoms with Gasteiger partial charge in [-0.05, 0) is 43.5 Å². The third-order valence-corrected chi connectivity index (χ3v) is 6.04. The summed E-state index contributed by atoms with van der Waals surface area (Å²) in [5.74, 6) is 2.49. The van der Waals surface area contributed by atoms with Crippen molar-refractivity contribution in [3.05, 3.63) is 42.4 Å². The largest absolute Gasteiger partial charge is 0.497 e. The highest BCUT2D eigenvalue weighted by molar-refractivity contribution is 5.92. The molecule has 1 N–H and O–H groups in total. The summed E-state index contributed by atoms with van der Waals surface area (Å²) in [7, 11) is 1.63. The van der Waals surface area contributed by atoms with Crippen molar-refractivity contribution < 1.29 is 9.53 Å². The maximum absolute atomic E-state index is 12.5. The molecule has 1 saturated carbocycles. The number of benzene rings is 1. The number of hydrogen-bond donors (Lipinski definition) is 1. The number of carbonyl (C=O) groups excluding carboxylic acids is 1. The summed E-state index contributed by atoms with van der Waals surface area (Å²) >= 11 is 0. The Hall–Kier alpha value is -2.67. The number of fused-ring (bicyclic) bond motifs is 2. The maximum Gasteiger partial charge on any atom is 0.238 e. The number of nitrogens with one attached hydrogen (secondary N) is 1. The van der Waals surface area contributed by atoms with Gasteiger partial charge < -0.3 is 15.0 Å². The van der Waals surface area contributed by atoms with E-state index in [1.807, 2.05) is 24.3 Å². The monoisotopic (exact) mass is 379 g/mol. The van der Waals surface area contributed by atoms with Crippen LogP contribution in [-0.2, 0) is 4.79 Å². The average molecular weight is 379 g/mol. The van der Waals surface area contributed by atoms with E-state index in [9.17, 15) is 4.79 Å². The van der Waals surface area contributed by atoms with Crippen LogP contribution in [0.3, 0.4) is 0 Å². The maximum atomic E-state index is 12.5. The quantitative estimate of drug-likeness (QED) is 0.830. The van der Waals surface area contributed by atoms with E-state index in [2.05, 4.69) is 31.2 Å². The molecule has 2 atom stereocenters. The lowest BCUT2D eigenvalue weighted by Gasteiger charge is -2.56. The second-order valence-corrected chi connectivity index (χ2v) is 7.97. The first-order chi connectivity index (χ1) is 13.7. The van der Waals surface area contributed by atoms with Gasteiger partial charge in [-0.1, -0.05) is 0 Å². The highest BCUT2D eigenvalue weighted by Gasteiger charge is 2.45. The van der Waals surface area contributed by atoms with Gasteiger partial charge in [-0.2, -0.15) is 0 Å². The number of ether oxygens (including phenoxy) is 1. The highest BCUT2D eigenvalue weighted by Crippen LogP contribution is 2.40. The van der Waals surface area contributed by atoms with E-state index in [1.165, 1.54) is 18.5 Å². The summed E-state index contributed by atoms with van der Waals surface area (Å²) < 4.78 is 5.15. The zero-order valence-corrected chi connectivity index (χ0v) is 16.0. The zero-order valence-electron chi connectivity index (χ0n) is 16.0. The second kappa shape index (κ2) is 7.05. The molecule has 6 rings (SSSR count). The number of carbonyl (C=O) groups is 1. The van der Waals surface area contributed by atoms with E-state index < -0.39 is 0 Å². The van der Waals surface area contributed by atoms with Gasteiger partial charge in [-0.15, -0.1) is 0 Å². The first kappa shape index (κ1) is 17.4. The van der Waals surface area contributed by atoms with Crippen LogP contribution in [-0.4, -0.2) is 59.6 Å². The summed E-state index contributed by atoms with van der Waals surface area (Å²) in [6.45, 7) is 2.28. The lowest BCUT2D eigenvalue weighted by atomic mass is 9.87. The molecule has 4 heterocycles. The molecule has 2 bridgehead atoms. The number of anilines is 2. The molecule has 1 aliphatic carbocycles. The van der Waals surface area contributed by atoms with Gasteiger partial charge >= 0.3 is 0 Å². The molecule has 28 heavy (non-hydrogen) atoms. The molecular weight excluding hydrogens is 354 g/mol. The summed E-state index contributed by atoms with van der Waals surface area (Å²) in [5, 5.41) is 2.98. The van der Waals surface area contributed by atoms with Crippen molar-refractivity contribution in [3.63, 3.8) is 0 Å². The normalized spacial score (nSPS) is 23.8. The third-order valence-electron chi connectivity index (χ3n) is 6.04. The molecule has 0 radical (unpaired) electrons. The van der Waals surface area contributed by atoms with Gasteiger partial charge in [0.1, 0.15) is 17.9 Å². The van der Waals surface area contributed by atoms with Crippen LogP contribution >= 0.6 is 0 Å². The molecule has 0 spiro atoms. The number of aromatic nitrogens is 2. The molecule has 4 fully saturated rings. The van der Waals surface area contributed by atoms with Crippen molar-refractivity contribution in [3.8, 4) is 5.75 Å². The molecule has 3 saturated heterocycles. The first-order valence-electron chi connectivity index (χ1n) is 9.96. The van der Waals surface area contributed by atoms with E-state index in [-0.39, 0.29) is 5.91 Å². The summed E-state index contributed by atoms with van der Waals surface area (Å²) in [5.41, 5.74) is 1.98. The summed E-state index contributed by atoms with van der Waals surface area (Å²) in [4.78, 5) is 26.0. The number of piperidine rings is 1. The standard InChI is InChI=1S/C21H25N5O2/c1-28-18-6-4-15(5-7-18)24-21(27)12-26-16-8-17(26)11-25(10-16)20-9-19(14-2-3-14)22-13-23-20/h4-7,9,13-14,16-17H,2-3,8,10-12H2,1H3,(H,24,27). The van der Waals surface area contributed by atoms with Gasteiger partial charge in [0.25, 0.3) is 0 Å². The minimum Gasteiger partial charge on any atom is -0.497 e. The van der Waals surface area contributed by atoms with Crippen LogP contribution in [0.4, 0.5) is 11.5 Å². The van der Waals surface area contributed by atoms with Crippen molar-refractivity contribution >= 4 is 17.4 Å². The van der Waals surface area contributed by atoms with Crippen LogP contribution in [0.5, 0.6) is 5.75 Å². The predicted molar refractivity (Wildman–Crippen MR) is 107 cm³/mol. The molecule has 3 aliphatic heterocycles. The fourth-order valence-electron chi connectivity index (χ4n) is 4.31. The zero-order chi connectivity index (χ0) is 19.1. The Morgan fingerprint density at radius 2 is 1.93 bits per heavy atom. The van der Waals surface area contributed by atoms with Gasteiger partial charge in [0.2, 0.25) is 5.91 Å². The van der Waals surface area contributed by atoms with E-state index in [4.69, 9.17) is 4.74 Å². The smallest absolute Gasteiger partial charge is 0.238 e. The van der Waals surface area contributed by atoms with Crippen LogP contribution in [0.1, 0.15) is 30.9 Å². The van der Waals surface area contributed by atoms with Crippen LogP contribution in [0.25, 0.3) is 0 Å². The summed E-state index contributed by atoms with van der Waals surface area (Å²) in [6, 6.07) is 10.4. The Bertz CT molecular complexity index is 855. The van der Waals surface area contributed by atoms with Crippen LogP contribution in [0.2, 0.25) is 0 Å². The minimum absolute atomic E-state index is 0.0337. The molecule has 146 valence electrons. The summed E-state index contributed by atoms with van der Waals surface area (Å²) in [6.07, 6.45) is 5.35. The number of piperazine rings is 1. The average Bonchev–Trinajstić information content (AvgIpc) is 3.58. The number of methoxy groups -OCH3 is 1. The Kier molecular flexibility index (Phi) is 4.39. The molecule has 7 heteroatoms. The van der Waals surface area contributed by atoms with E-state index in [1.54, 1.807) is 13.4 Å². The van der Waals surface area contributed by atoms with Crippen LogP contribution < -0.4 is 15.0 Å². The van der Waals surface area contributed by atoms with E-state index >= 15 is 0 Å². The van der Waals surface area contributed by atoms with Crippen LogP contribution in [0, 0.1) is 0 Å². The van der Waals surface area contributed by atoms with E-state index in [0.717, 1.165) is 36.8 Å². The Morgan fingerprint density at radius 1 is 1.18 bits per heavy atom. The highest BCUT2D eigenvalue weighted by atomic mass is 16.5. The SMILES string of the molecule is COc1ccc(NC(=O)CN2C3CC2CN(c2cc(C4CC4)ncn2)C3)cc1. The fraction of sp³-hybridized carbons (Fsp3) is 0.476. The number of nitrogens with zero attached hydrogens (tertiary/aromatic N) is 4. The minimum atomic E-state index is 0.0337. The molecule has 1 amide bonds. The molecule has 1 aromatic carbocycles. The molecule has 7 nitrogen and oxygen atoms in total. The van der Waals surface area contributed by atoms with Gasteiger partial charge in [0, 0.05) is 48.5 Å². The fourth-order valence-corrected chi connectivity index (χ4v) is 4.31. The third kappa shape index (κ3) is 3.42. The number of amides is 1. The second-order valence-electron chi connectivity index (χ2n) is 7.97. The van der Waals surface area contributed by atoms with Crippen molar-refractivity contribution in [2.75, 3.05) is 37.0 Å². The molecule has 4 aliphatic rings. The molecular formula is C21H25N5O2. The molecule has 2 aromatic rings. The van der Waals surface area contributed by atoms with Gasteiger partial charge in [0.15, 0.2) is 0 Å². The van der Waals surface area contributed by atoms with Crippen molar-refractivity contribution in [2.24, 2.45) is 0 Å². The Balaban J connectivity index is 1.17. The topological polar surface area (TPSA) is 70.6 Å². The lowest BCUT2D eigenvalue weighted by molar-refractivity contribution is -0.121. The van der Waals surface area contributed by atoms with Gasteiger partial charge in [0.05, 0.1) is 13.7 Å². The predicted octanol–water partition coefficient (Wildman–Crippen LogP) is 2.26. The number of hydrogen-bond acceptors (Lipinski definition) is 6. The van der Waals surface area contributed by atoms with E-state index in [0.29, 0.717) is 24.5 Å². The Morgan fingerprint density at radius 3 is 2.61 bits per heavy atom. The Labute approximate surface area is 164 Å². The van der Waals surface area contributed by atoms with Crippen molar-refractivity contribution in [1.82, 2.24) is 14.9 Å². The van der Waals surface area contributed by atoms with Crippen LogP contribution in [0.15, 0.2) is 36.7 Å². The number of rotatable bonds is 6. The van der Waals surface area contributed by atoms with Crippen molar-refractivity contribution in [1.29, 1.82) is 0 Å². The molecule has 2 unspecified atom stereocenters.